The van der Waals surface area contributed by atoms with Crippen LogP contribution >= 0.6 is 0 Å². The van der Waals surface area contributed by atoms with Crippen LogP contribution in [0, 0.1) is 5.92 Å². The third-order valence-corrected chi connectivity index (χ3v) is 3.61. The summed E-state index contributed by atoms with van der Waals surface area (Å²) in [5.41, 5.74) is 0.976. The van der Waals surface area contributed by atoms with Crippen molar-refractivity contribution in [3.63, 3.8) is 0 Å². The molecule has 0 radical (unpaired) electrons. The zero-order chi connectivity index (χ0) is 16.2. The van der Waals surface area contributed by atoms with Gasteiger partial charge in [0.1, 0.15) is 6.61 Å². The number of para-hydroxylation sites is 2. The number of aromatic nitrogens is 2. The van der Waals surface area contributed by atoms with E-state index in [0.717, 1.165) is 12.2 Å². The molecule has 1 aliphatic rings. The van der Waals surface area contributed by atoms with Crippen LogP contribution in [0.25, 0.3) is 0 Å². The molecule has 2 aromatic rings. The Labute approximate surface area is 135 Å². The molecule has 1 aliphatic heterocycles. The number of ether oxygens (including phenoxy) is 2. The molecule has 1 aromatic carbocycles. The van der Waals surface area contributed by atoms with Gasteiger partial charge in [-0.15, -0.1) is 0 Å². The molecule has 1 aromatic heterocycles. The minimum Gasteiger partial charge on any atom is -0.485 e. The van der Waals surface area contributed by atoms with Gasteiger partial charge in [0.2, 0.25) is 6.10 Å². The largest absolute Gasteiger partial charge is 0.485 e. The van der Waals surface area contributed by atoms with Crippen LogP contribution in [0.5, 0.6) is 11.5 Å². The summed E-state index contributed by atoms with van der Waals surface area (Å²) in [5, 5.41) is 2.89. The number of hydrogen-bond acceptors (Lipinski definition) is 4. The van der Waals surface area contributed by atoms with Gasteiger partial charge in [0.25, 0.3) is 5.91 Å². The fourth-order valence-electron chi connectivity index (χ4n) is 2.49. The Morgan fingerprint density at radius 3 is 2.96 bits per heavy atom. The topological polar surface area (TPSA) is 65.4 Å². The SMILES string of the molecule is CC(C)Cn1cncc1CNC(=O)[C@H]1COc2ccccc2O1. The van der Waals surface area contributed by atoms with Gasteiger partial charge in [-0.25, -0.2) is 4.98 Å². The van der Waals surface area contributed by atoms with Crippen LogP contribution < -0.4 is 14.8 Å². The molecule has 0 spiro atoms. The van der Waals surface area contributed by atoms with Gasteiger partial charge in [-0.2, -0.15) is 0 Å². The lowest BCUT2D eigenvalue weighted by atomic mass is 10.2. The zero-order valence-corrected chi connectivity index (χ0v) is 13.4. The number of benzene rings is 1. The van der Waals surface area contributed by atoms with Crippen molar-refractivity contribution in [1.82, 2.24) is 14.9 Å². The number of carbonyl (C=O) groups excluding carboxylic acids is 1. The first-order chi connectivity index (χ1) is 11.1. The van der Waals surface area contributed by atoms with Crippen molar-refractivity contribution < 1.29 is 14.3 Å². The Morgan fingerprint density at radius 2 is 2.17 bits per heavy atom. The van der Waals surface area contributed by atoms with E-state index in [9.17, 15) is 4.79 Å². The molecule has 1 amide bonds. The molecule has 0 saturated carbocycles. The predicted molar refractivity (Wildman–Crippen MR) is 85.3 cm³/mol. The van der Waals surface area contributed by atoms with E-state index in [1.807, 2.05) is 18.2 Å². The summed E-state index contributed by atoms with van der Waals surface area (Å²) < 4.78 is 13.3. The molecule has 0 unspecified atom stereocenters. The van der Waals surface area contributed by atoms with Gasteiger partial charge < -0.3 is 19.4 Å². The third kappa shape index (κ3) is 3.64. The molecule has 1 N–H and O–H groups in total. The molecule has 0 bridgehead atoms. The van der Waals surface area contributed by atoms with Crippen molar-refractivity contribution in [2.45, 2.75) is 33.0 Å². The van der Waals surface area contributed by atoms with Gasteiger partial charge in [-0.3, -0.25) is 4.79 Å². The maximum absolute atomic E-state index is 12.3. The molecule has 0 aliphatic carbocycles. The number of rotatable bonds is 5. The van der Waals surface area contributed by atoms with Crippen LogP contribution in [0.1, 0.15) is 19.5 Å². The molecule has 23 heavy (non-hydrogen) atoms. The Balaban J connectivity index is 1.57. The molecule has 0 saturated heterocycles. The summed E-state index contributed by atoms with van der Waals surface area (Å²) in [4.78, 5) is 16.4. The van der Waals surface area contributed by atoms with Crippen LogP contribution in [-0.4, -0.2) is 28.2 Å². The van der Waals surface area contributed by atoms with E-state index in [2.05, 4.69) is 28.7 Å². The van der Waals surface area contributed by atoms with Crippen molar-refractivity contribution >= 4 is 5.91 Å². The van der Waals surface area contributed by atoms with Crippen molar-refractivity contribution in [2.75, 3.05) is 6.61 Å². The molecular formula is C17H21N3O3. The summed E-state index contributed by atoms with van der Waals surface area (Å²) in [5.74, 6) is 1.61. The number of carbonyl (C=O) groups is 1. The van der Waals surface area contributed by atoms with Gasteiger partial charge in [0, 0.05) is 12.7 Å². The zero-order valence-electron chi connectivity index (χ0n) is 13.4. The lowest BCUT2D eigenvalue weighted by Gasteiger charge is -2.25. The van der Waals surface area contributed by atoms with E-state index >= 15 is 0 Å². The smallest absolute Gasteiger partial charge is 0.265 e. The van der Waals surface area contributed by atoms with Crippen molar-refractivity contribution in [1.29, 1.82) is 0 Å². The highest BCUT2D eigenvalue weighted by Gasteiger charge is 2.27. The van der Waals surface area contributed by atoms with Crippen LogP contribution in [0.2, 0.25) is 0 Å². The van der Waals surface area contributed by atoms with E-state index in [0.29, 0.717) is 24.0 Å². The van der Waals surface area contributed by atoms with E-state index < -0.39 is 6.10 Å². The van der Waals surface area contributed by atoms with E-state index in [-0.39, 0.29) is 12.5 Å². The highest BCUT2D eigenvalue weighted by atomic mass is 16.6. The molecule has 6 nitrogen and oxygen atoms in total. The van der Waals surface area contributed by atoms with Gasteiger partial charge in [-0.05, 0) is 18.1 Å². The summed E-state index contributed by atoms with van der Waals surface area (Å²) in [6.45, 7) is 5.81. The van der Waals surface area contributed by atoms with E-state index in [4.69, 9.17) is 9.47 Å². The van der Waals surface area contributed by atoms with Crippen molar-refractivity contribution in [3.8, 4) is 11.5 Å². The quantitative estimate of drug-likeness (QED) is 0.916. The Hall–Kier alpha value is -2.50. The number of hydrogen-bond donors (Lipinski definition) is 1. The van der Waals surface area contributed by atoms with Gasteiger partial charge in [0.05, 0.1) is 18.6 Å². The van der Waals surface area contributed by atoms with Crippen LogP contribution in [0.3, 0.4) is 0 Å². The van der Waals surface area contributed by atoms with Crippen LogP contribution in [-0.2, 0) is 17.9 Å². The maximum Gasteiger partial charge on any atom is 0.265 e. The molecule has 0 fully saturated rings. The third-order valence-electron chi connectivity index (χ3n) is 3.61. The van der Waals surface area contributed by atoms with Gasteiger partial charge in [0.15, 0.2) is 11.5 Å². The van der Waals surface area contributed by atoms with Crippen LogP contribution in [0.15, 0.2) is 36.8 Å². The minimum absolute atomic E-state index is 0.184. The Morgan fingerprint density at radius 1 is 1.39 bits per heavy atom. The second-order valence-corrected chi connectivity index (χ2v) is 6.01. The van der Waals surface area contributed by atoms with Gasteiger partial charge in [-0.1, -0.05) is 26.0 Å². The number of nitrogens with one attached hydrogen (secondary N) is 1. The maximum atomic E-state index is 12.3. The lowest BCUT2D eigenvalue weighted by Crippen LogP contribution is -2.43. The fourth-order valence-corrected chi connectivity index (χ4v) is 2.49. The highest BCUT2D eigenvalue weighted by molar-refractivity contribution is 5.81. The molecular weight excluding hydrogens is 294 g/mol. The first-order valence-corrected chi connectivity index (χ1v) is 7.78. The summed E-state index contributed by atoms with van der Waals surface area (Å²) in [6.07, 6.45) is 2.93. The molecule has 6 heteroatoms. The van der Waals surface area contributed by atoms with Crippen LogP contribution in [0.4, 0.5) is 0 Å². The lowest BCUT2D eigenvalue weighted by molar-refractivity contribution is -0.130. The second kappa shape index (κ2) is 6.73. The van der Waals surface area contributed by atoms with Crippen molar-refractivity contribution in [3.05, 3.63) is 42.5 Å². The molecule has 1 atom stereocenters. The number of amides is 1. The average Bonchev–Trinajstić information content (AvgIpc) is 2.98. The molecule has 3 rings (SSSR count). The normalized spacial score (nSPS) is 16.4. The summed E-state index contributed by atoms with van der Waals surface area (Å²) >= 11 is 0. The first-order valence-electron chi connectivity index (χ1n) is 7.78. The molecule has 122 valence electrons. The standard InChI is InChI=1S/C17H21N3O3/c1-12(2)9-20-11-18-7-13(20)8-19-17(21)16-10-22-14-5-3-4-6-15(14)23-16/h3-7,11-12,16H,8-10H2,1-2H3,(H,19,21)/t16-/m1/s1. The summed E-state index contributed by atoms with van der Waals surface area (Å²) in [6, 6.07) is 7.35. The average molecular weight is 315 g/mol. The monoisotopic (exact) mass is 315 g/mol. The van der Waals surface area contributed by atoms with E-state index in [1.54, 1.807) is 18.6 Å². The highest BCUT2D eigenvalue weighted by Crippen LogP contribution is 2.30. The second-order valence-electron chi connectivity index (χ2n) is 6.01. The van der Waals surface area contributed by atoms with Gasteiger partial charge >= 0.3 is 0 Å². The summed E-state index contributed by atoms with van der Waals surface area (Å²) in [7, 11) is 0. The van der Waals surface area contributed by atoms with E-state index in [1.165, 1.54) is 0 Å². The number of nitrogens with zero attached hydrogens (tertiary/aromatic N) is 2. The van der Waals surface area contributed by atoms with Crippen molar-refractivity contribution in [2.24, 2.45) is 5.92 Å². The first kappa shape index (κ1) is 15.4. The fraction of sp³-hybridized carbons (Fsp3) is 0.412. The Bertz CT molecular complexity index is 681. The minimum atomic E-state index is -0.633. The Kier molecular flexibility index (Phi) is 4.50. The molecule has 2 heterocycles. The number of imidazole rings is 1. The number of fused-ring (bicyclic) bond motifs is 1. The predicted octanol–water partition coefficient (Wildman–Crippen LogP) is 2.00.